The maximum Gasteiger partial charge on any atom is 0.230 e. The van der Waals surface area contributed by atoms with E-state index in [1.165, 1.54) is 35.9 Å². The molecular weight excluding hydrogens is 352 g/mol. The number of hydrogen-bond donors (Lipinski definition) is 1. The zero-order chi connectivity index (χ0) is 17.6. The average Bonchev–Trinajstić information content (AvgIpc) is 3.20. The molecule has 0 aromatic carbocycles. The largest absolute Gasteiger partial charge is 0.353 e. The third-order valence-corrected chi connectivity index (χ3v) is 6.15. The first-order valence-corrected chi connectivity index (χ1v) is 10.6. The summed E-state index contributed by atoms with van der Waals surface area (Å²) in [6.45, 7) is 6.53. The number of thiophene rings is 1. The Morgan fingerprint density at radius 1 is 1.44 bits per heavy atom. The van der Waals surface area contributed by atoms with E-state index in [9.17, 15) is 4.79 Å². The Bertz CT molecular complexity index is 731. The first-order valence-electron chi connectivity index (χ1n) is 8.69. The molecule has 1 fully saturated rings. The van der Waals surface area contributed by atoms with Crippen LogP contribution in [0, 0.1) is 6.92 Å². The lowest BCUT2D eigenvalue weighted by molar-refractivity contribution is -0.119. The predicted molar refractivity (Wildman–Crippen MR) is 104 cm³/mol. The molecule has 0 atom stereocenters. The number of nitrogens with zero attached hydrogens (tertiary/aromatic N) is 3. The number of allylic oxidation sites excluding steroid dienone is 1. The molecule has 1 saturated carbocycles. The van der Waals surface area contributed by atoms with E-state index in [1.807, 2.05) is 10.6 Å². The molecule has 0 bridgehead atoms. The minimum absolute atomic E-state index is 0.0815. The lowest BCUT2D eigenvalue weighted by atomic mass is 9.95. The van der Waals surface area contributed by atoms with E-state index in [1.54, 1.807) is 11.3 Å². The molecule has 2 heterocycles. The fourth-order valence-corrected chi connectivity index (χ4v) is 4.55. The highest BCUT2D eigenvalue weighted by molar-refractivity contribution is 7.99. The molecule has 7 heteroatoms. The van der Waals surface area contributed by atoms with Crippen molar-refractivity contribution in [3.8, 4) is 11.4 Å². The normalized spacial score (nSPS) is 15.2. The molecule has 0 spiro atoms. The number of nitrogens with one attached hydrogen (secondary N) is 1. The summed E-state index contributed by atoms with van der Waals surface area (Å²) in [5.74, 6) is 1.28. The van der Waals surface area contributed by atoms with Gasteiger partial charge in [0.05, 0.1) is 5.75 Å². The van der Waals surface area contributed by atoms with E-state index in [0.29, 0.717) is 18.3 Å². The van der Waals surface area contributed by atoms with E-state index in [4.69, 9.17) is 0 Å². The molecule has 1 N–H and O–H groups in total. The van der Waals surface area contributed by atoms with Crippen LogP contribution in [0.25, 0.3) is 11.4 Å². The monoisotopic (exact) mass is 376 g/mol. The van der Waals surface area contributed by atoms with Gasteiger partial charge >= 0.3 is 0 Å². The van der Waals surface area contributed by atoms with Crippen LogP contribution in [-0.4, -0.2) is 32.5 Å². The van der Waals surface area contributed by atoms with Gasteiger partial charge in [-0.15, -0.1) is 28.1 Å². The summed E-state index contributed by atoms with van der Waals surface area (Å²) in [6, 6.07) is 2.45. The van der Waals surface area contributed by atoms with Gasteiger partial charge in [-0.2, -0.15) is 0 Å². The standard InChI is InChI=1S/C18H24N4OS2/c1-3-9-22-17(14-10-13(2)24-11-14)20-21-18(22)25-12-16(23)19-15-7-5-4-6-8-15/h3,10-11,15H,1,4-9,12H2,2H3,(H,19,23). The molecule has 1 aliphatic carbocycles. The Labute approximate surface area is 156 Å². The summed E-state index contributed by atoms with van der Waals surface area (Å²) in [4.78, 5) is 13.5. The smallest absolute Gasteiger partial charge is 0.230 e. The molecule has 134 valence electrons. The van der Waals surface area contributed by atoms with Crippen molar-refractivity contribution in [2.24, 2.45) is 0 Å². The minimum Gasteiger partial charge on any atom is -0.353 e. The van der Waals surface area contributed by atoms with E-state index >= 15 is 0 Å². The maximum atomic E-state index is 12.2. The summed E-state index contributed by atoms with van der Waals surface area (Å²) in [6.07, 6.45) is 7.76. The lowest BCUT2D eigenvalue weighted by Crippen LogP contribution is -2.37. The number of rotatable bonds is 7. The van der Waals surface area contributed by atoms with Gasteiger partial charge in [-0.1, -0.05) is 37.1 Å². The van der Waals surface area contributed by atoms with Crippen molar-refractivity contribution in [2.45, 2.75) is 56.8 Å². The molecule has 2 aromatic rings. The van der Waals surface area contributed by atoms with Crippen molar-refractivity contribution in [3.05, 3.63) is 29.0 Å². The van der Waals surface area contributed by atoms with Gasteiger partial charge in [0.2, 0.25) is 5.91 Å². The summed E-state index contributed by atoms with van der Waals surface area (Å²) in [5.41, 5.74) is 1.07. The summed E-state index contributed by atoms with van der Waals surface area (Å²) >= 11 is 3.13. The second kappa shape index (κ2) is 8.67. The first-order chi connectivity index (χ1) is 12.2. The molecule has 1 aliphatic rings. The first kappa shape index (κ1) is 18.2. The molecule has 0 saturated heterocycles. The topological polar surface area (TPSA) is 59.8 Å². The van der Waals surface area contributed by atoms with Crippen molar-refractivity contribution in [1.82, 2.24) is 20.1 Å². The Hall–Kier alpha value is -1.60. The quantitative estimate of drug-likeness (QED) is 0.585. The maximum absolute atomic E-state index is 12.2. The fourth-order valence-electron chi connectivity index (χ4n) is 3.11. The van der Waals surface area contributed by atoms with Crippen LogP contribution in [-0.2, 0) is 11.3 Å². The van der Waals surface area contributed by atoms with E-state index in [0.717, 1.165) is 29.4 Å². The summed E-state index contributed by atoms with van der Waals surface area (Å²) < 4.78 is 2.02. The summed E-state index contributed by atoms with van der Waals surface area (Å²) in [5, 5.41) is 14.6. The number of carbonyl (C=O) groups is 1. The SMILES string of the molecule is C=CCn1c(SCC(=O)NC2CCCCC2)nnc1-c1csc(C)c1. The van der Waals surface area contributed by atoms with Gasteiger partial charge in [-0.3, -0.25) is 9.36 Å². The van der Waals surface area contributed by atoms with Gasteiger partial charge in [0, 0.05) is 28.4 Å². The van der Waals surface area contributed by atoms with Crippen molar-refractivity contribution in [2.75, 3.05) is 5.75 Å². The zero-order valence-electron chi connectivity index (χ0n) is 14.5. The molecule has 5 nitrogen and oxygen atoms in total. The van der Waals surface area contributed by atoms with Gasteiger partial charge in [0.15, 0.2) is 11.0 Å². The molecule has 1 amide bonds. The Morgan fingerprint density at radius 2 is 2.24 bits per heavy atom. The van der Waals surface area contributed by atoms with Gasteiger partial charge < -0.3 is 5.32 Å². The van der Waals surface area contributed by atoms with Crippen LogP contribution in [0.4, 0.5) is 0 Å². The van der Waals surface area contributed by atoms with Crippen molar-refractivity contribution >= 4 is 29.0 Å². The molecule has 0 unspecified atom stereocenters. The van der Waals surface area contributed by atoms with Crippen molar-refractivity contribution in [3.63, 3.8) is 0 Å². The van der Waals surface area contributed by atoms with Crippen LogP contribution in [0.1, 0.15) is 37.0 Å². The molecule has 25 heavy (non-hydrogen) atoms. The highest BCUT2D eigenvalue weighted by atomic mass is 32.2. The Kier molecular flexibility index (Phi) is 6.31. The number of carbonyl (C=O) groups excluding carboxylic acids is 1. The molecule has 0 radical (unpaired) electrons. The fraction of sp³-hybridized carbons (Fsp3) is 0.500. The van der Waals surface area contributed by atoms with Gasteiger partial charge in [-0.05, 0) is 25.8 Å². The molecule has 2 aromatic heterocycles. The molecule has 0 aliphatic heterocycles. The van der Waals surface area contributed by atoms with E-state index in [-0.39, 0.29) is 5.91 Å². The number of aromatic nitrogens is 3. The van der Waals surface area contributed by atoms with Crippen LogP contribution in [0.15, 0.2) is 29.3 Å². The molecular formula is C18H24N4OS2. The van der Waals surface area contributed by atoms with Gasteiger partial charge in [-0.25, -0.2) is 0 Å². The average molecular weight is 377 g/mol. The van der Waals surface area contributed by atoms with Crippen molar-refractivity contribution in [1.29, 1.82) is 0 Å². The van der Waals surface area contributed by atoms with Crippen LogP contribution in [0.5, 0.6) is 0 Å². The Morgan fingerprint density at radius 3 is 2.92 bits per heavy atom. The third-order valence-electron chi connectivity index (χ3n) is 4.32. The second-order valence-corrected chi connectivity index (χ2v) is 8.40. The second-order valence-electron chi connectivity index (χ2n) is 6.34. The van der Waals surface area contributed by atoms with Gasteiger partial charge in [0.25, 0.3) is 0 Å². The number of aryl methyl sites for hydroxylation is 1. The zero-order valence-corrected chi connectivity index (χ0v) is 16.2. The van der Waals surface area contributed by atoms with Gasteiger partial charge in [0.1, 0.15) is 0 Å². The van der Waals surface area contributed by atoms with E-state index in [2.05, 4.69) is 40.5 Å². The Balaban J connectivity index is 1.64. The van der Waals surface area contributed by atoms with Crippen LogP contribution >= 0.6 is 23.1 Å². The van der Waals surface area contributed by atoms with Crippen LogP contribution in [0.2, 0.25) is 0 Å². The predicted octanol–water partition coefficient (Wildman–Crippen LogP) is 4.04. The highest BCUT2D eigenvalue weighted by Gasteiger charge is 2.18. The number of thioether (sulfide) groups is 1. The van der Waals surface area contributed by atoms with Crippen LogP contribution in [0.3, 0.4) is 0 Å². The molecule has 3 rings (SSSR count). The lowest BCUT2D eigenvalue weighted by Gasteiger charge is -2.22. The third kappa shape index (κ3) is 4.73. The number of amides is 1. The number of hydrogen-bond acceptors (Lipinski definition) is 5. The van der Waals surface area contributed by atoms with Crippen LogP contribution < -0.4 is 5.32 Å². The highest BCUT2D eigenvalue weighted by Crippen LogP contribution is 2.27. The minimum atomic E-state index is 0.0815. The summed E-state index contributed by atoms with van der Waals surface area (Å²) in [7, 11) is 0. The van der Waals surface area contributed by atoms with E-state index < -0.39 is 0 Å². The van der Waals surface area contributed by atoms with Crippen molar-refractivity contribution < 1.29 is 4.79 Å².